The van der Waals surface area contributed by atoms with Crippen molar-refractivity contribution in [3.8, 4) is 0 Å². The predicted molar refractivity (Wildman–Crippen MR) is 78.3 cm³/mol. The number of carbonyl (C=O) groups excluding carboxylic acids is 2. The molecule has 1 aromatic rings. The van der Waals surface area contributed by atoms with E-state index in [1.54, 1.807) is 0 Å². The van der Waals surface area contributed by atoms with Gasteiger partial charge in [0.2, 0.25) is 11.8 Å². The Balaban J connectivity index is 2.25. The summed E-state index contributed by atoms with van der Waals surface area (Å²) in [5.41, 5.74) is -1.64. The Morgan fingerprint density at radius 1 is 1.25 bits per heavy atom. The van der Waals surface area contributed by atoms with E-state index in [1.807, 2.05) is 6.92 Å². The van der Waals surface area contributed by atoms with Crippen LogP contribution in [0.5, 0.6) is 0 Å². The van der Waals surface area contributed by atoms with Gasteiger partial charge >= 0.3 is 6.18 Å². The van der Waals surface area contributed by atoms with Crippen molar-refractivity contribution in [2.24, 2.45) is 0 Å². The maximum absolute atomic E-state index is 14.1. The standard InChI is InChI=1S/C16H18F4N2O2/c1-3-7-21-9-13(23)22(10(2)15(21)24)8-11-5-4-6-12(14(11)17)16(18,19)20/h4-6,10H,3,7-9H2,1-2H3/t10-/m0/s1. The van der Waals surface area contributed by atoms with Crippen LogP contribution in [0.4, 0.5) is 17.6 Å². The van der Waals surface area contributed by atoms with Crippen molar-refractivity contribution in [2.45, 2.75) is 39.0 Å². The van der Waals surface area contributed by atoms with Crippen LogP contribution < -0.4 is 0 Å². The van der Waals surface area contributed by atoms with Crippen molar-refractivity contribution in [1.82, 2.24) is 9.80 Å². The van der Waals surface area contributed by atoms with Crippen LogP contribution in [0.25, 0.3) is 0 Å². The highest BCUT2D eigenvalue weighted by Gasteiger charge is 2.38. The summed E-state index contributed by atoms with van der Waals surface area (Å²) in [4.78, 5) is 27.0. The molecule has 0 bridgehead atoms. The largest absolute Gasteiger partial charge is 0.419 e. The van der Waals surface area contributed by atoms with Gasteiger partial charge in [-0.2, -0.15) is 13.2 Å². The summed E-state index contributed by atoms with van der Waals surface area (Å²) < 4.78 is 52.5. The normalized spacial score (nSPS) is 19.2. The van der Waals surface area contributed by atoms with Crippen molar-refractivity contribution in [3.63, 3.8) is 0 Å². The third kappa shape index (κ3) is 3.52. The van der Waals surface area contributed by atoms with Crippen LogP contribution in [0.3, 0.4) is 0 Å². The van der Waals surface area contributed by atoms with Gasteiger partial charge in [-0.25, -0.2) is 4.39 Å². The molecule has 1 heterocycles. The van der Waals surface area contributed by atoms with Gasteiger partial charge in [0.25, 0.3) is 0 Å². The number of alkyl halides is 3. The lowest BCUT2D eigenvalue weighted by Gasteiger charge is -2.38. The van der Waals surface area contributed by atoms with E-state index in [0.29, 0.717) is 19.0 Å². The third-order valence-electron chi connectivity index (χ3n) is 4.00. The van der Waals surface area contributed by atoms with Crippen LogP contribution >= 0.6 is 0 Å². The van der Waals surface area contributed by atoms with E-state index in [4.69, 9.17) is 0 Å². The Bertz CT molecular complexity index is 645. The molecule has 1 atom stereocenters. The number of halogens is 4. The minimum absolute atomic E-state index is 0.141. The Morgan fingerprint density at radius 3 is 2.50 bits per heavy atom. The van der Waals surface area contributed by atoms with Gasteiger partial charge in [-0.3, -0.25) is 9.59 Å². The first-order chi connectivity index (χ1) is 11.2. The van der Waals surface area contributed by atoms with Gasteiger partial charge in [-0.1, -0.05) is 19.1 Å². The predicted octanol–water partition coefficient (Wildman–Crippen LogP) is 2.81. The van der Waals surface area contributed by atoms with E-state index in [-0.39, 0.29) is 24.6 Å². The molecular weight excluding hydrogens is 328 g/mol. The lowest BCUT2D eigenvalue weighted by atomic mass is 10.1. The topological polar surface area (TPSA) is 40.6 Å². The molecule has 0 aliphatic carbocycles. The molecule has 0 aromatic heterocycles. The molecule has 0 N–H and O–H groups in total. The number of hydrogen-bond acceptors (Lipinski definition) is 2. The van der Waals surface area contributed by atoms with Gasteiger partial charge in [0.1, 0.15) is 11.9 Å². The molecule has 1 fully saturated rings. The molecule has 0 radical (unpaired) electrons. The van der Waals surface area contributed by atoms with E-state index in [0.717, 1.165) is 11.0 Å². The molecule has 8 heteroatoms. The fourth-order valence-electron chi connectivity index (χ4n) is 2.73. The average Bonchev–Trinajstić information content (AvgIpc) is 2.49. The van der Waals surface area contributed by atoms with Crippen LogP contribution in [-0.4, -0.2) is 40.7 Å². The molecule has 2 amide bonds. The summed E-state index contributed by atoms with van der Waals surface area (Å²) in [6.45, 7) is 3.28. The second kappa shape index (κ2) is 6.78. The molecule has 1 aliphatic heterocycles. The number of carbonyl (C=O) groups is 2. The number of rotatable bonds is 4. The lowest BCUT2D eigenvalue weighted by molar-refractivity contribution is -0.155. The second-order valence-electron chi connectivity index (χ2n) is 5.73. The first kappa shape index (κ1) is 18.2. The summed E-state index contributed by atoms with van der Waals surface area (Å²) in [6, 6.07) is 2.08. The molecule has 1 saturated heterocycles. The first-order valence-electron chi connectivity index (χ1n) is 7.59. The molecule has 0 unspecified atom stereocenters. The van der Waals surface area contributed by atoms with Crippen LogP contribution in [0.1, 0.15) is 31.4 Å². The highest BCUT2D eigenvalue weighted by atomic mass is 19.4. The van der Waals surface area contributed by atoms with Crippen LogP contribution in [-0.2, 0) is 22.3 Å². The molecule has 0 spiro atoms. The van der Waals surface area contributed by atoms with Gasteiger partial charge in [0.15, 0.2) is 0 Å². The highest BCUT2D eigenvalue weighted by molar-refractivity contribution is 5.94. The van der Waals surface area contributed by atoms with Crippen molar-refractivity contribution < 1.29 is 27.2 Å². The monoisotopic (exact) mass is 346 g/mol. The summed E-state index contributed by atoms with van der Waals surface area (Å²) in [5, 5.41) is 0. The van der Waals surface area contributed by atoms with Gasteiger partial charge in [-0.05, 0) is 19.4 Å². The second-order valence-corrected chi connectivity index (χ2v) is 5.73. The zero-order chi connectivity index (χ0) is 18.1. The zero-order valence-electron chi connectivity index (χ0n) is 13.4. The Morgan fingerprint density at radius 2 is 1.92 bits per heavy atom. The Kier molecular flexibility index (Phi) is 5.15. The highest BCUT2D eigenvalue weighted by Crippen LogP contribution is 2.33. The molecule has 132 valence electrons. The Labute approximate surface area is 137 Å². The molecule has 0 saturated carbocycles. The fraction of sp³-hybridized carbons (Fsp3) is 0.500. The van der Waals surface area contributed by atoms with E-state index in [9.17, 15) is 27.2 Å². The molecule has 1 aromatic carbocycles. The van der Waals surface area contributed by atoms with E-state index in [1.165, 1.54) is 17.9 Å². The molecule has 4 nitrogen and oxygen atoms in total. The molecular formula is C16H18F4N2O2. The number of hydrogen-bond donors (Lipinski definition) is 0. The number of piperazine rings is 1. The fourth-order valence-corrected chi connectivity index (χ4v) is 2.73. The van der Waals surface area contributed by atoms with Crippen molar-refractivity contribution in [2.75, 3.05) is 13.1 Å². The maximum atomic E-state index is 14.1. The summed E-state index contributed by atoms with van der Waals surface area (Å²) in [7, 11) is 0. The SMILES string of the molecule is CCCN1CC(=O)N(Cc2cccc(C(F)(F)F)c2F)[C@@H](C)C1=O. The molecule has 24 heavy (non-hydrogen) atoms. The number of benzene rings is 1. The van der Waals surface area contributed by atoms with E-state index < -0.39 is 29.5 Å². The summed E-state index contributed by atoms with van der Waals surface area (Å²) in [6.07, 6.45) is -4.13. The van der Waals surface area contributed by atoms with E-state index >= 15 is 0 Å². The lowest BCUT2D eigenvalue weighted by Crippen LogP contribution is -2.58. The average molecular weight is 346 g/mol. The van der Waals surface area contributed by atoms with Crippen molar-refractivity contribution >= 4 is 11.8 Å². The summed E-state index contributed by atoms with van der Waals surface area (Å²) >= 11 is 0. The minimum atomic E-state index is -4.81. The Hall–Kier alpha value is -2.12. The number of amides is 2. The third-order valence-corrected chi connectivity index (χ3v) is 4.00. The summed E-state index contributed by atoms with van der Waals surface area (Å²) in [5.74, 6) is -2.11. The quantitative estimate of drug-likeness (QED) is 0.787. The van der Waals surface area contributed by atoms with Gasteiger partial charge in [-0.15, -0.1) is 0 Å². The van der Waals surface area contributed by atoms with Crippen LogP contribution in [0, 0.1) is 5.82 Å². The number of nitrogens with zero attached hydrogens (tertiary/aromatic N) is 2. The van der Waals surface area contributed by atoms with Crippen molar-refractivity contribution in [1.29, 1.82) is 0 Å². The maximum Gasteiger partial charge on any atom is 0.419 e. The van der Waals surface area contributed by atoms with Crippen molar-refractivity contribution in [3.05, 3.63) is 35.1 Å². The molecule has 1 aliphatic rings. The van der Waals surface area contributed by atoms with Gasteiger partial charge in [0.05, 0.1) is 12.1 Å². The van der Waals surface area contributed by atoms with E-state index in [2.05, 4.69) is 0 Å². The molecule has 2 rings (SSSR count). The first-order valence-corrected chi connectivity index (χ1v) is 7.59. The van der Waals surface area contributed by atoms with Gasteiger partial charge < -0.3 is 9.80 Å². The smallest absolute Gasteiger partial charge is 0.332 e. The van der Waals surface area contributed by atoms with Gasteiger partial charge in [0, 0.05) is 18.7 Å². The van der Waals surface area contributed by atoms with Crippen LogP contribution in [0.2, 0.25) is 0 Å². The zero-order valence-corrected chi connectivity index (χ0v) is 13.4. The minimum Gasteiger partial charge on any atom is -0.332 e. The van der Waals surface area contributed by atoms with Crippen LogP contribution in [0.15, 0.2) is 18.2 Å².